The van der Waals surface area contributed by atoms with Crippen molar-refractivity contribution in [2.75, 3.05) is 0 Å². The summed E-state index contributed by atoms with van der Waals surface area (Å²) in [5, 5.41) is 4.61. The average Bonchev–Trinajstić information content (AvgIpc) is 3.01. The highest BCUT2D eigenvalue weighted by Gasteiger charge is 2.14. The van der Waals surface area contributed by atoms with E-state index < -0.39 is 0 Å². The molecule has 0 aliphatic carbocycles. The summed E-state index contributed by atoms with van der Waals surface area (Å²) < 4.78 is 5.63. The minimum absolute atomic E-state index is 0.0645. The van der Waals surface area contributed by atoms with Crippen LogP contribution < -0.4 is 5.32 Å². The van der Waals surface area contributed by atoms with Gasteiger partial charge in [-0.25, -0.2) is 4.99 Å². The Morgan fingerprint density at radius 3 is 2.45 bits per heavy atom. The van der Waals surface area contributed by atoms with Crippen LogP contribution in [0.25, 0.3) is 0 Å². The van der Waals surface area contributed by atoms with E-state index in [1.165, 1.54) is 11.3 Å². The van der Waals surface area contributed by atoms with Crippen LogP contribution in [0.1, 0.15) is 42.0 Å². The Labute approximate surface area is 134 Å². The van der Waals surface area contributed by atoms with Crippen LogP contribution in [-0.4, -0.2) is 18.0 Å². The van der Waals surface area contributed by atoms with Gasteiger partial charge in [-0.3, -0.25) is 10.1 Å². The fraction of sp³-hybridized carbons (Fsp3) is 0.294. The topological polar surface area (TPSA) is 50.7 Å². The maximum absolute atomic E-state index is 12.2. The van der Waals surface area contributed by atoms with Crippen molar-refractivity contribution in [3.8, 4) is 0 Å². The van der Waals surface area contributed by atoms with Crippen molar-refractivity contribution in [1.82, 2.24) is 5.32 Å². The van der Waals surface area contributed by atoms with Crippen LogP contribution in [0.4, 0.5) is 0 Å². The average molecular weight is 316 g/mol. The lowest BCUT2D eigenvalue weighted by Gasteiger charge is -2.15. The first-order valence-electron chi connectivity index (χ1n) is 7.20. The van der Waals surface area contributed by atoms with Gasteiger partial charge in [-0.1, -0.05) is 36.4 Å². The standard InChI is InChI=1S/C17H20N2O2S/c1-12(2)21-17(19-16(20)15-10-7-11-22-15)18-13(3)14-8-5-4-6-9-14/h4-13H,1-3H3,(H,18,19,20)/t13-/m0/s1. The van der Waals surface area contributed by atoms with Crippen LogP contribution in [0, 0.1) is 0 Å². The number of carbonyl (C=O) groups excluding carboxylic acids is 1. The van der Waals surface area contributed by atoms with Gasteiger partial charge in [-0.15, -0.1) is 11.3 Å². The molecule has 0 unspecified atom stereocenters. The lowest BCUT2D eigenvalue weighted by atomic mass is 10.1. The van der Waals surface area contributed by atoms with Crippen LogP contribution in [0.3, 0.4) is 0 Å². The van der Waals surface area contributed by atoms with Gasteiger partial charge >= 0.3 is 0 Å². The summed E-state index contributed by atoms with van der Waals surface area (Å²) in [5.74, 6) is -0.199. The van der Waals surface area contributed by atoms with Gasteiger partial charge in [0.1, 0.15) is 0 Å². The molecule has 0 spiro atoms. The number of nitrogens with one attached hydrogen (secondary N) is 1. The molecule has 1 aromatic heterocycles. The zero-order valence-electron chi connectivity index (χ0n) is 12.9. The second-order valence-corrected chi connectivity index (χ2v) is 6.07. The Bertz CT molecular complexity index is 621. The number of aliphatic imine (C=N–C) groups is 1. The summed E-state index contributed by atoms with van der Waals surface area (Å²) in [7, 11) is 0. The summed E-state index contributed by atoms with van der Waals surface area (Å²) in [6, 6.07) is 13.7. The molecule has 1 amide bonds. The molecule has 22 heavy (non-hydrogen) atoms. The molecule has 4 nitrogen and oxygen atoms in total. The minimum Gasteiger partial charge on any atom is -0.462 e. The van der Waals surface area contributed by atoms with Gasteiger partial charge in [0.15, 0.2) is 0 Å². The zero-order valence-corrected chi connectivity index (χ0v) is 13.8. The van der Waals surface area contributed by atoms with Crippen LogP contribution in [0.15, 0.2) is 52.8 Å². The van der Waals surface area contributed by atoms with Crippen LogP contribution in [0.5, 0.6) is 0 Å². The first-order chi connectivity index (χ1) is 10.6. The molecule has 2 aromatic rings. The highest BCUT2D eigenvalue weighted by atomic mass is 32.1. The van der Waals surface area contributed by atoms with Gasteiger partial charge in [-0.05, 0) is 37.8 Å². The van der Waals surface area contributed by atoms with Crippen LogP contribution >= 0.6 is 11.3 Å². The molecule has 1 aromatic carbocycles. The van der Waals surface area contributed by atoms with Crippen LogP contribution in [-0.2, 0) is 4.74 Å². The van der Waals surface area contributed by atoms with Crippen molar-refractivity contribution in [1.29, 1.82) is 0 Å². The van der Waals surface area contributed by atoms with Crippen molar-refractivity contribution >= 4 is 23.3 Å². The summed E-state index contributed by atoms with van der Waals surface area (Å²) in [6.45, 7) is 5.77. The summed E-state index contributed by atoms with van der Waals surface area (Å²) in [4.78, 5) is 17.3. The van der Waals surface area contributed by atoms with Gasteiger partial charge in [-0.2, -0.15) is 0 Å². The predicted molar refractivity (Wildman–Crippen MR) is 90.3 cm³/mol. The Morgan fingerprint density at radius 2 is 1.86 bits per heavy atom. The molecule has 1 atom stereocenters. The first-order valence-corrected chi connectivity index (χ1v) is 8.08. The Morgan fingerprint density at radius 1 is 1.14 bits per heavy atom. The molecular formula is C17H20N2O2S. The smallest absolute Gasteiger partial charge is 0.292 e. The highest BCUT2D eigenvalue weighted by Crippen LogP contribution is 2.16. The third-order valence-corrected chi connectivity index (χ3v) is 3.77. The minimum atomic E-state index is -0.199. The number of hydrogen-bond donors (Lipinski definition) is 1. The number of hydrogen-bond acceptors (Lipinski definition) is 4. The number of ether oxygens (including phenoxy) is 1. The normalized spacial score (nSPS) is 13.0. The maximum Gasteiger partial charge on any atom is 0.292 e. The van der Waals surface area contributed by atoms with Crippen molar-refractivity contribution < 1.29 is 9.53 Å². The first kappa shape index (κ1) is 16.2. The second-order valence-electron chi connectivity index (χ2n) is 5.12. The zero-order chi connectivity index (χ0) is 15.9. The second kappa shape index (κ2) is 7.75. The molecule has 2 rings (SSSR count). The molecule has 0 fully saturated rings. The lowest BCUT2D eigenvalue weighted by Crippen LogP contribution is -2.34. The van der Waals surface area contributed by atoms with Crippen LogP contribution in [0.2, 0.25) is 0 Å². The number of amides is 1. The molecule has 0 aliphatic heterocycles. The maximum atomic E-state index is 12.2. The van der Waals surface area contributed by atoms with Gasteiger partial charge in [0.25, 0.3) is 11.9 Å². The van der Waals surface area contributed by atoms with Gasteiger partial charge < -0.3 is 4.74 Å². The highest BCUT2D eigenvalue weighted by molar-refractivity contribution is 7.12. The third kappa shape index (κ3) is 4.70. The van der Waals surface area contributed by atoms with E-state index in [4.69, 9.17) is 4.74 Å². The van der Waals surface area contributed by atoms with Gasteiger partial charge in [0, 0.05) is 0 Å². The summed E-state index contributed by atoms with van der Waals surface area (Å²) in [6.07, 6.45) is -0.0645. The molecule has 0 radical (unpaired) electrons. The van der Waals surface area contributed by atoms with Crippen molar-refractivity contribution in [3.63, 3.8) is 0 Å². The number of rotatable bonds is 4. The van der Waals surface area contributed by atoms with E-state index in [-0.39, 0.29) is 24.1 Å². The molecule has 0 bridgehead atoms. The molecule has 0 saturated heterocycles. The number of thiophene rings is 1. The van der Waals surface area contributed by atoms with E-state index in [1.54, 1.807) is 6.07 Å². The SMILES string of the molecule is CC(C)OC(=N[C@@H](C)c1ccccc1)NC(=O)c1cccs1. The molecule has 0 aliphatic rings. The number of nitrogens with zero attached hydrogens (tertiary/aromatic N) is 1. The van der Waals surface area contributed by atoms with Crippen molar-refractivity contribution in [2.45, 2.75) is 32.9 Å². The summed E-state index contributed by atoms with van der Waals surface area (Å²) in [5.41, 5.74) is 1.07. The quantitative estimate of drug-likeness (QED) is 0.684. The predicted octanol–water partition coefficient (Wildman–Crippen LogP) is 4.02. The Kier molecular flexibility index (Phi) is 5.72. The van der Waals surface area contributed by atoms with Gasteiger partial charge in [0.2, 0.25) is 0 Å². The third-order valence-electron chi connectivity index (χ3n) is 2.91. The van der Waals surface area contributed by atoms with E-state index in [9.17, 15) is 4.79 Å². The Balaban J connectivity index is 2.14. The largest absolute Gasteiger partial charge is 0.462 e. The molecule has 1 N–H and O–H groups in total. The lowest BCUT2D eigenvalue weighted by molar-refractivity contribution is 0.0963. The monoisotopic (exact) mass is 316 g/mol. The van der Waals surface area contributed by atoms with E-state index in [1.807, 2.05) is 62.5 Å². The van der Waals surface area contributed by atoms with E-state index >= 15 is 0 Å². The molecule has 1 heterocycles. The Hall–Kier alpha value is -2.14. The van der Waals surface area contributed by atoms with Gasteiger partial charge in [0.05, 0.1) is 17.0 Å². The molecule has 116 valence electrons. The van der Waals surface area contributed by atoms with Crippen molar-refractivity contribution in [3.05, 3.63) is 58.3 Å². The fourth-order valence-electron chi connectivity index (χ4n) is 1.86. The molecule has 5 heteroatoms. The van der Waals surface area contributed by atoms with E-state index in [2.05, 4.69) is 10.3 Å². The van der Waals surface area contributed by atoms with Crippen molar-refractivity contribution in [2.24, 2.45) is 4.99 Å². The van der Waals surface area contributed by atoms with E-state index in [0.717, 1.165) is 5.56 Å². The van der Waals surface area contributed by atoms with E-state index in [0.29, 0.717) is 4.88 Å². The number of benzene rings is 1. The summed E-state index contributed by atoms with van der Waals surface area (Å²) >= 11 is 1.38. The molecule has 0 saturated carbocycles. The number of amidine groups is 1. The molecular weight excluding hydrogens is 296 g/mol. The number of carbonyl (C=O) groups is 1. The fourth-order valence-corrected chi connectivity index (χ4v) is 2.48.